The molecule has 0 bridgehead atoms. The maximum Gasteiger partial charge on any atom is 0.287 e. The van der Waals surface area contributed by atoms with Gasteiger partial charge in [0.2, 0.25) is 5.91 Å². The minimum atomic E-state index is -0.568. The quantitative estimate of drug-likeness (QED) is 0.789. The molecule has 160 valence electrons. The predicted molar refractivity (Wildman–Crippen MR) is 111 cm³/mol. The molecule has 2 aromatic heterocycles. The summed E-state index contributed by atoms with van der Waals surface area (Å²) in [6.07, 6.45) is 8.47. The molecule has 2 N–H and O–H groups in total. The van der Waals surface area contributed by atoms with Crippen LogP contribution in [0, 0.1) is 17.3 Å². The summed E-state index contributed by atoms with van der Waals surface area (Å²) in [5.41, 5.74) is 0.331. The molecule has 1 atom stereocenters. The van der Waals surface area contributed by atoms with Gasteiger partial charge in [0, 0.05) is 37.6 Å². The molecule has 3 fully saturated rings. The smallest absolute Gasteiger partial charge is 0.287 e. The Labute approximate surface area is 175 Å². The Hall–Kier alpha value is -2.41. The molecule has 2 aromatic rings. The molecule has 1 aliphatic heterocycles. The summed E-state index contributed by atoms with van der Waals surface area (Å²) in [4.78, 5) is 31.0. The highest BCUT2D eigenvalue weighted by atomic mass is 16.3. The van der Waals surface area contributed by atoms with Crippen LogP contribution in [0.15, 0.2) is 28.9 Å². The van der Waals surface area contributed by atoms with E-state index in [1.165, 1.54) is 0 Å². The maximum atomic E-state index is 12.5. The zero-order chi connectivity index (χ0) is 20.9. The third kappa shape index (κ3) is 3.71. The van der Waals surface area contributed by atoms with Gasteiger partial charge in [-0.25, -0.2) is 0 Å². The maximum absolute atomic E-state index is 12.5. The van der Waals surface area contributed by atoms with E-state index >= 15 is 0 Å². The number of amides is 2. The second kappa shape index (κ2) is 7.08. The van der Waals surface area contributed by atoms with Crippen molar-refractivity contribution in [1.82, 2.24) is 15.2 Å². The number of rotatable bonds is 5. The van der Waals surface area contributed by atoms with Crippen molar-refractivity contribution in [2.24, 2.45) is 17.3 Å². The van der Waals surface area contributed by atoms with E-state index in [2.05, 4.69) is 10.3 Å². The highest BCUT2D eigenvalue weighted by Crippen LogP contribution is 2.59. The second-order valence-corrected chi connectivity index (χ2v) is 9.85. The van der Waals surface area contributed by atoms with Gasteiger partial charge in [-0.1, -0.05) is 0 Å². The number of likely N-dealkylation sites (tertiary alicyclic amines) is 1. The van der Waals surface area contributed by atoms with Crippen molar-refractivity contribution in [2.75, 3.05) is 19.6 Å². The van der Waals surface area contributed by atoms with E-state index in [0.717, 1.165) is 50.6 Å². The Bertz CT molecular complexity index is 933. The average Bonchev–Trinajstić information content (AvgIpc) is 3.17. The summed E-state index contributed by atoms with van der Waals surface area (Å²) in [6, 6.07) is 3.58. The zero-order valence-corrected chi connectivity index (χ0v) is 17.4. The van der Waals surface area contributed by atoms with Crippen molar-refractivity contribution >= 4 is 22.8 Å². The first-order valence-corrected chi connectivity index (χ1v) is 11.0. The van der Waals surface area contributed by atoms with E-state index in [-0.39, 0.29) is 17.2 Å². The number of aromatic nitrogens is 1. The van der Waals surface area contributed by atoms with E-state index in [0.29, 0.717) is 36.1 Å². The first-order chi connectivity index (χ1) is 14.3. The van der Waals surface area contributed by atoms with Gasteiger partial charge < -0.3 is 19.7 Å². The molecule has 1 spiro atoms. The fourth-order valence-corrected chi connectivity index (χ4v) is 5.54. The minimum Gasteiger partial charge on any atom is -0.449 e. The molecule has 0 aromatic carbocycles. The zero-order valence-electron chi connectivity index (χ0n) is 17.4. The number of nitrogens with one attached hydrogen (secondary N) is 1. The standard InChI is InChI=1S/C23H29N3O4/c1-22(29)10-15(11-22)8-20(27)26-6-3-23(4-7-26)12-17(23)13-25-21(28)18-9-16-2-5-24-14-19(16)30-18/h2,5,9,14-15,17,29H,3-4,6-8,10-13H2,1H3,(H,25,28). The molecule has 1 saturated heterocycles. The number of hydrogen-bond donors (Lipinski definition) is 2. The van der Waals surface area contributed by atoms with Gasteiger partial charge >= 0.3 is 0 Å². The monoisotopic (exact) mass is 411 g/mol. The predicted octanol–water partition coefficient (Wildman–Crippen LogP) is 2.74. The Morgan fingerprint density at radius 1 is 1.30 bits per heavy atom. The molecular weight excluding hydrogens is 382 g/mol. The number of carbonyl (C=O) groups excluding carboxylic acids is 2. The van der Waals surface area contributed by atoms with Crippen molar-refractivity contribution in [2.45, 2.75) is 51.0 Å². The highest BCUT2D eigenvalue weighted by Gasteiger charge is 2.55. The van der Waals surface area contributed by atoms with Crippen LogP contribution < -0.4 is 5.32 Å². The van der Waals surface area contributed by atoms with Crippen LogP contribution in [0.25, 0.3) is 11.0 Å². The summed E-state index contributed by atoms with van der Waals surface area (Å²) in [7, 11) is 0. The van der Waals surface area contributed by atoms with Crippen LogP contribution in [-0.2, 0) is 4.79 Å². The van der Waals surface area contributed by atoms with Crippen molar-refractivity contribution in [3.8, 4) is 0 Å². The summed E-state index contributed by atoms with van der Waals surface area (Å²) >= 11 is 0. The fraction of sp³-hybridized carbons (Fsp3) is 0.609. The van der Waals surface area contributed by atoms with Crippen LogP contribution in [0.1, 0.15) is 56.0 Å². The Kier molecular flexibility index (Phi) is 4.61. The highest BCUT2D eigenvalue weighted by molar-refractivity contribution is 5.95. The van der Waals surface area contributed by atoms with Crippen molar-refractivity contribution in [3.63, 3.8) is 0 Å². The first kappa shape index (κ1) is 19.5. The molecule has 7 heteroatoms. The summed E-state index contributed by atoms with van der Waals surface area (Å²) in [5.74, 6) is 1.18. The SMILES string of the molecule is CC1(O)CC(CC(=O)N2CCC3(CC2)CC3CNC(=O)c2cc3ccncc3o2)C1. The van der Waals surface area contributed by atoms with Crippen molar-refractivity contribution in [3.05, 3.63) is 30.3 Å². The lowest BCUT2D eigenvalue weighted by Crippen LogP contribution is -2.45. The van der Waals surface area contributed by atoms with E-state index in [4.69, 9.17) is 4.42 Å². The van der Waals surface area contributed by atoms with Crippen LogP contribution >= 0.6 is 0 Å². The van der Waals surface area contributed by atoms with Gasteiger partial charge in [0.05, 0.1) is 11.8 Å². The van der Waals surface area contributed by atoms with Gasteiger partial charge in [-0.15, -0.1) is 0 Å². The fourth-order valence-electron chi connectivity index (χ4n) is 5.54. The van der Waals surface area contributed by atoms with Crippen LogP contribution in [-0.4, -0.2) is 52.0 Å². The minimum absolute atomic E-state index is 0.183. The number of aliphatic hydroxyl groups is 1. The van der Waals surface area contributed by atoms with Gasteiger partial charge in [-0.2, -0.15) is 0 Å². The topological polar surface area (TPSA) is 95.7 Å². The third-order valence-corrected chi connectivity index (χ3v) is 7.45. The largest absolute Gasteiger partial charge is 0.449 e. The number of carbonyl (C=O) groups is 2. The summed E-state index contributed by atoms with van der Waals surface area (Å²) in [6.45, 7) is 4.11. The summed E-state index contributed by atoms with van der Waals surface area (Å²) < 4.78 is 5.58. The van der Waals surface area contributed by atoms with Gasteiger partial charge in [0.25, 0.3) is 5.91 Å². The number of piperidine rings is 1. The Morgan fingerprint density at radius 3 is 2.77 bits per heavy atom. The Balaban J connectivity index is 1.07. The molecular formula is C23H29N3O4. The van der Waals surface area contributed by atoms with E-state index in [9.17, 15) is 14.7 Å². The molecule has 5 rings (SSSR count). The Morgan fingerprint density at radius 2 is 2.07 bits per heavy atom. The molecule has 3 heterocycles. The van der Waals surface area contributed by atoms with Crippen LogP contribution in [0.5, 0.6) is 0 Å². The van der Waals surface area contributed by atoms with Crippen molar-refractivity contribution in [1.29, 1.82) is 0 Å². The van der Waals surface area contributed by atoms with Crippen LogP contribution in [0.4, 0.5) is 0 Å². The number of fused-ring (bicyclic) bond motifs is 1. The number of pyridine rings is 1. The molecule has 7 nitrogen and oxygen atoms in total. The number of nitrogens with zero attached hydrogens (tertiary/aromatic N) is 2. The molecule has 1 unspecified atom stereocenters. The lowest BCUT2D eigenvalue weighted by molar-refractivity contribution is -0.137. The molecule has 2 saturated carbocycles. The molecule has 2 amide bonds. The second-order valence-electron chi connectivity index (χ2n) is 9.85. The van der Waals surface area contributed by atoms with Crippen LogP contribution in [0.2, 0.25) is 0 Å². The number of furan rings is 1. The normalized spacial score (nSPS) is 29.6. The molecule has 3 aliphatic rings. The van der Waals surface area contributed by atoms with Gasteiger partial charge in [-0.05, 0) is 68.4 Å². The van der Waals surface area contributed by atoms with E-state index in [1.807, 2.05) is 17.9 Å². The van der Waals surface area contributed by atoms with Crippen molar-refractivity contribution < 1.29 is 19.1 Å². The van der Waals surface area contributed by atoms with Gasteiger partial charge in [0.1, 0.15) is 0 Å². The molecule has 0 radical (unpaired) electrons. The average molecular weight is 412 g/mol. The van der Waals surface area contributed by atoms with E-state index in [1.54, 1.807) is 18.5 Å². The third-order valence-electron chi connectivity index (χ3n) is 7.45. The first-order valence-electron chi connectivity index (χ1n) is 11.0. The van der Waals surface area contributed by atoms with E-state index < -0.39 is 5.60 Å². The molecule has 2 aliphatic carbocycles. The van der Waals surface area contributed by atoms with Crippen LogP contribution in [0.3, 0.4) is 0 Å². The summed E-state index contributed by atoms with van der Waals surface area (Å²) in [5, 5.41) is 13.7. The molecule has 30 heavy (non-hydrogen) atoms. The number of hydrogen-bond acceptors (Lipinski definition) is 5. The van der Waals surface area contributed by atoms with Gasteiger partial charge in [0.15, 0.2) is 11.3 Å². The van der Waals surface area contributed by atoms with Gasteiger partial charge in [-0.3, -0.25) is 14.6 Å². The lowest BCUT2D eigenvalue weighted by Gasteiger charge is -2.42. The lowest BCUT2D eigenvalue weighted by atomic mass is 9.70.